The zero-order valence-electron chi connectivity index (χ0n) is 11.8. The Balaban J connectivity index is 1.86. The van der Waals surface area contributed by atoms with Gasteiger partial charge in [0.05, 0.1) is 0 Å². The number of hydrogen-bond acceptors (Lipinski definition) is 3. The summed E-state index contributed by atoms with van der Waals surface area (Å²) < 4.78 is 20.0. The number of halogens is 1. The highest BCUT2D eigenvalue weighted by Gasteiger charge is 2.18. The van der Waals surface area contributed by atoms with Crippen molar-refractivity contribution in [2.75, 3.05) is 0 Å². The number of nitrogens with zero attached hydrogens (tertiary/aromatic N) is 2. The van der Waals surface area contributed by atoms with Crippen LogP contribution in [-0.2, 0) is 12.8 Å². The summed E-state index contributed by atoms with van der Waals surface area (Å²) in [7, 11) is 0. The number of fused-ring (bicyclic) bond motifs is 2. The maximum absolute atomic E-state index is 14.3. The Hall–Kier alpha value is -2.23. The van der Waals surface area contributed by atoms with E-state index in [4.69, 9.17) is 4.42 Å². The molecule has 1 aliphatic carbocycles. The molecule has 1 aromatic carbocycles. The Labute approximate surface area is 121 Å². The van der Waals surface area contributed by atoms with Gasteiger partial charge in [-0.2, -0.15) is 4.98 Å². The molecule has 0 spiro atoms. The van der Waals surface area contributed by atoms with E-state index in [1.54, 1.807) is 0 Å². The van der Waals surface area contributed by atoms with Crippen molar-refractivity contribution in [3.63, 3.8) is 0 Å². The van der Waals surface area contributed by atoms with Gasteiger partial charge in [-0.25, -0.2) is 9.37 Å². The van der Waals surface area contributed by atoms with Crippen molar-refractivity contribution in [2.24, 2.45) is 0 Å². The molecule has 0 aliphatic heterocycles. The summed E-state index contributed by atoms with van der Waals surface area (Å²) in [5, 5.41) is 0. The van der Waals surface area contributed by atoms with Gasteiger partial charge in [0.1, 0.15) is 5.82 Å². The highest BCUT2D eigenvalue weighted by molar-refractivity contribution is 5.72. The van der Waals surface area contributed by atoms with Crippen LogP contribution in [0.2, 0.25) is 0 Å². The van der Waals surface area contributed by atoms with Gasteiger partial charge < -0.3 is 4.42 Å². The van der Waals surface area contributed by atoms with Crippen LogP contribution in [0.1, 0.15) is 29.7 Å². The lowest BCUT2D eigenvalue weighted by atomic mass is 9.90. The van der Waals surface area contributed by atoms with Gasteiger partial charge in [-0.05, 0) is 68.0 Å². The van der Waals surface area contributed by atoms with Crippen LogP contribution in [0.25, 0.3) is 22.7 Å². The molecular formula is C17H15FN2O. The fourth-order valence-electron chi connectivity index (χ4n) is 2.97. The zero-order valence-corrected chi connectivity index (χ0v) is 11.8. The Morgan fingerprint density at radius 1 is 1.10 bits per heavy atom. The maximum Gasteiger partial charge on any atom is 0.228 e. The molecule has 106 valence electrons. The summed E-state index contributed by atoms with van der Waals surface area (Å²) in [5.74, 6) is 0.295. The molecule has 2 aromatic heterocycles. The molecule has 0 atom stereocenters. The van der Waals surface area contributed by atoms with E-state index in [-0.39, 0.29) is 5.82 Å². The van der Waals surface area contributed by atoms with Crippen LogP contribution in [0.3, 0.4) is 0 Å². The highest BCUT2D eigenvalue weighted by atomic mass is 19.1. The number of hydrogen-bond donors (Lipinski definition) is 0. The second-order valence-electron chi connectivity index (χ2n) is 5.60. The molecule has 0 fully saturated rings. The molecule has 0 radical (unpaired) electrons. The number of pyridine rings is 1. The largest absolute Gasteiger partial charge is 0.434 e. The van der Waals surface area contributed by atoms with Gasteiger partial charge in [-0.3, -0.25) is 0 Å². The van der Waals surface area contributed by atoms with Crippen LogP contribution >= 0.6 is 0 Å². The first-order chi connectivity index (χ1) is 10.2. The third kappa shape index (κ3) is 2.11. The van der Waals surface area contributed by atoms with Crippen molar-refractivity contribution >= 4 is 11.2 Å². The second kappa shape index (κ2) is 4.65. The van der Waals surface area contributed by atoms with Gasteiger partial charge >= 0.3 is 0 Å². The fourth-order valence-corrected chi connectivity index (χ4v) is 2.97. The molecule has 2 heterocycles. The number of benzene rings is 1. The lowest BCUT2D eigenvalue weighted by molar-refractivity contribution is 0.575. The monoisotopic (exact) mass is 282 g/mol. The average Bonchev–Trinajstić information content (AvgIpc) is 2.90. The predicted octanol–water partition coefficient (Wildman–Crippen LogP) is 4.22. The molecule has 4 rings (SSSR count). The van der Waals surface area contributed by atoms with Crippen molar-refractivity contribution < 1.29 is 8.81 Å². The highest BCUT2D eigenvalue weighted by Crippen LogP contribution is 2.30. The summed E-state index contributed by atoms with van der Waals surface area (Å²) in [6.45, 7) is 1.91. The molecule has 0 saturated heterocycles. The van der Waals surface area contributed by atoms with E-state index < -0.39 is 0 Å². The molecule has 0 saturated carbocycles. The molecule has 0 amide bonds. The second-order valence-corrected chi connectivity index (χ2v) is 5.60. The molecule has 0 N–H and O–H groups in total. The van der Waals surface area contributed by atoms with Gasteiger partial charge in [0.2, 0.25) is 5.89 Å². The third-order valence-electron chi connectivity index (χ3n) is 4.05. The lowest BCUT2D eigenvalue weighted by Gasteiger charge is -2.16. The molecule has 3 nitrogen and oxygen atoms in total. The third-order valence-corrected chi connectivity index (χ3v) is 4.05. The van der Waals surface area contributed by atoms with E-state index in [0.29, 0.717) is 22.7 Å². The molecular weight excluding hydrogens is 267 g/mol. The Morgan fingerprint density at radius 3 is 2.86 bits per heavy atom. The summed E-state index contributed by atoms with van der Waals surface area (Å²) in [6, 6.07) is 7.27. The van der Waals surface area contributed by atoms with Crippen LogP contribution in [0.5, 0.6) is 0 Å². The lowest BCUT2D eigenvalue weighted by Crippen LogP contribution is -2.05. The smallest absolute Gasteiger partial charge is 0.228 e. The average molecular weight is 282 g/mol. The summed E-state index contributed by atoms with van der Waals surface area (Å²) in [4.78, 5) is 8.72. The quantitative estimate of drug-likeness (QED) is 0.671. The van der Waals surface area contributed by atoms with Gasteiger partial charge in [-0.15, -0.1) is 0 Å². The van der Waals surface area contributed by atoms with Gasteiger partial charge in [-0.1, -0.05) is 0 Å². The van der Waals surface area contributed by atoms with E-state index >= 15 is 0 Å². The Kier molecular flexibility index (Phi) is 2.77. The molecule has 0 unspecified atom stereocenters. The predicted molar refractivity (Wildman–Crippen MR) is 78.6 cm³/mol. The number of rotatable bonds is 1. The minimum atomic E-state index is -0.145. The maximum atomic E-state index is 14.3. The van der Waals surface area contributed by atoms with Crippen molar-refractivity contribution in [3.05, 3.63) is 46.9 Å². The normalized spacial score (nSPS) is 14.4. The summed E-state index contributed by atoms with van der Waals surface area (Å²) in [6.07, 6.45) is 3.94. The topological polar surface area (TPSA) is 38.9 Å². The van der Waals surface area contributed by atoms with Crippen molar-refractivity contribution in [1.29, 1.82) is 0 Å². The van der Waals surface area contributed by atoms with E-state index in [2.05, 4.69) is 9.97 Å². The van der Waals surface area contributed by atoms with Gasteiger partial charge in [0.15, 0.2) is 11.2 Å². The fraction of sp³-hybridized carbons (Fsp3) is 0.294. The Morgan fingerprint density at radius 2 is 1.95 bits per heavy atom. The van der Waals surface area contributed by atoms with Crippen LogP contribution in [0.4, 0.5) is 4.39 Å². The first-order valence-corrected chi connectivity index (χ1v) is 7.26. The molecule has 4 heteroatoms. The SMILES string of the molecule is Cc1ccc2oc(-c3cc(F)c4c(c3)CCCC4)nc2n1. The van der Waals surface area contributed by atoms with Crippen molar-refractivity contribution in [1.82, 2.24) is 9.97 Å². The minimum absolute atomic E-state index is 0.145. The summed E-state index contributed by atoms with van der Waals surface area (Å²) in [5.41, 5.74) is 4.73. The van der Waals surface area contributed by atoms with Crippen LogP contribution < -0.4 is 0 Å². The first kappa shape index (κ1) is 12.5. The van der Waals surface area contributed by atoms with Crippen molar-refractivity contribution in [3.8, 4) is 11.5 Å². The van der Waals surface area contributed by atoms with E-state index in [1.165, 1.54) is 6.07 Å². The van der Waals surface area contributed by atoms with Crippen LogP contribution in [0.15, 0.2) is 28.7 Å². The van der Waals surface area contributed by atoms with E-state index in [9.17, 15) is 4.39 Å². The molecule has 3 aromatic rings. The molecule has 1 aliphatic rings. The van der Waals surface area contributed by atoms with E-state index in [0.717, 1.165) is 42.5 Å². The first-order valence-electron chi connectivity index (χ1n) is 7.26. The summed E-state index contributed by atoms with van der Waals surface area (Å²) >= 11 is 0. The van der Waals surface area contributed by atoms with E-state index in [1.807, 2.05) is 25.1 Å². The van der Waals surface area contributed by atoms with Crippen molar-refractivity contribution in [2.45, 2.75) is 32.6 Å². The Bertz CT molecular complexity index is 838. The number of aromatic nitrogens is 2. The number of aryl methyl sites for hydroxylation is 2. The van der Waals surface area contributed by atoms with Gasteiger partial charge in [0.25, 0.3) is 0 Å². The van der Waals surface area contributed by atoms with Crippen LogP contribution in [0, 0.1) is 12.7 Å². The van der Waals surface area contributed by atoms with Crippen LogP contribution in [-0.4, -0.2) is 9.97 Å². The molecule has 0 bridgehead atoms. The standard InChI is InChI=1S/C17H15FN2O/c1-10-6-7-15-16(19-10)20-17(21-15)12-8-11-4-2-3-5-13(11)14(18)9-12/h6-9H,2-5H2,1H3. The minimum Gasteiger partial charge on any atom is -0.434 e. The molecule has 21 heavy (non-hydrogen) atoms. The zero-order chi connectivity index (χ0) is 14.4. The van der Waals surface area contributed by atoms with Gasteiger partial charge in [0, 0.05) is 11.3 Å². The number of oxazole rings is 1.